The van der Waals surface area contributed by atoms with Crippen LogP contribution < -0.4 is 0 Å². The fourth-order valence-corrected chi connectivity index (χ4v) is 2.17. The largest absolute Gasteiger partial charge is 0.219 e. The second kappa shape index (κ2) is 5.44. The van der Waals surface area contributed by atoms with Gasteiger partial charge in [0.25, 0.3) is 0 Å². The molecule has 0 aliphatic rings. The molecule has 1 heterocycles. The van der Waals surface area contributed by atoms with Crippen molar-refractivity contribution < 1.29 is 8.78 Å². The highest BCUT2D eigenvalue weighted by Crippen LogP contribution is 2.24. The van der Waals surface area contributed by atoms with Crippen molar-refractivity contribution in [3.8, 4) is 22.4 Å². The third-order valence-electron chi connectivity index (χ3n) is 3.37. The third-order valence-corrected chi connectivity index (χ3v) is 3.37. The van der Waals surface area contributed by atoms with Crippen LogP contribution in [0.2, 0.25) is 0 Å². The van der Waals surface area contributed by atoms with Gasteiger partial charge in [0.15, 0.2) is 0 Å². The summed E-state index contributed by atoms with van der Waals surface area (Å²) in [6.45, 7) is 1.68. The monoisotopic (exact) mass is 281 g/mol. The van der Waals surface area contributed by atoms with E-state index in [1.807, 2.05) is 30.3 Å². The fourth-order valence-electron chi connectivity index (χ4n) is 2.17. The number of aromatic nitrogens is 1. The lowest BCUT2D eigenvalue weighted by molar-refractivity contribution is 0.576. The van der Waals surface area contributed by atoms with Gasteiger partial charge in [-0.15, -0.1) is 0 Å². The van der Waals surface area contributed by atoms with Crippen molar-refractivity contribution in [2.45, 2.75) is 6.92 Å². The first kappa shape index (κ1) is 13.4. The molecule has 1 nitrogen and oxygen atoms in total. The number of hydrogen-bond acceptors (Lipinski definition) is 1. The van der Waals surface area contributed by atoms with Crippen LogP contribution in [0.4, 0.5) is 8.78 Å². The maximum Gasteiger partial charge on any atom is 0.216 e. The summed E-state index contributed by atoms with van der Waals surface area (Å²) in [5.74, 6) is -0.722. The predicted octanol–water partition coefficient (Wildman–Crippen LogP) is 5.00. The van der Waals surface area contributed by atoms with E-state index >= 15 is 0 Å². The van der Waals surface area contributed by atoms with Crippen LogP contribution in [0.1, 0.15) is 5.56 Å². The molecule has 3 heteroatoms. The Hall–Kier alpha value is -2.55. The van der Waals surface area contributed by atoms with Crippen molar-refractivity contribution in [1.29, 1.82) is 0 Å². The Morgan fingerprint density at radius 1 is 0.762 bits per heavy atom. The molecule has 3 rings (SSSR count). The Morgan fingerprint density at radius 3 is 2.14 bits per heavy atom. The molecule has 0 fully saturated rings. The van der Waals surface area contributed by atoms with Crippen molar-refractivity contribution in [2.24, 2.45) is 0 Å². The topological polar surface area (TPSA) is 12.9 Å². The van der Waals surface area contributed by atoms with Crippen LogP contribution in [0.3, 0.4) is 0 Å². The molecule has 0 saturated heterocycles. The van der Waals surface area contributed by atoms with Gasteiger partial charge in [0.1, 0.15) is 5.82 Å². The van der Waals surface area contributed by atoms with E-state index in [-0.39, 0.29) is 5.82 Å². The molecule has 0 radical (unpaired) electrons. The first-order valence-corrected chi connectivity index (χ1v) is 6.63. The van der Waals surface area contributed by atoms with Crippen LogP contribution >= 0.6 is 0 Å². The molecule has 0 unspecified atom stereocenters. The zero-order valence-corrected chi connectivity index (χ0v) is 11.5. The van der Waals surface area contributed by atoms with Gasteiger partial charge in [-0.1, -0.05) is 42.5 Å². The summed E-state index contributed by atoms with van der Waals surface area (Å²) in [6, 6.07) is 17.4. The maximum atomic E-state index is 13.5. The molecule has 0 amide bonds. The highest BCUT2D eigenvalue weighted by molar-refractivity contribution is 5.68. The molecule has 21 heavy (non-hydrogen) atoms. The normalized spacial score (nSPS) is 10.6. The van der Waals surface area contributed by atoms with Crippen molar-refractivity contribution in [3.63, 3.8) is 0 Å². The average molecular weight is 281 g/mol. The molecule has 3 aromatic rings. The first-order chi connectivity index (χ1) is 10.1. The average Bonchev–Trinajstić information content (AvgIpc) is 2.50. The van der Waals surface area contributed by atoms with E-state index in [0.29, 0.717) is 11.3 Å². The lowest BCUT2D eigenvalue weighted by Gasteiger charge is -2.05. The van der Waals surface area contributed by atoms with Crippen LogP contribution in [-0.2, 0) is 0 Å². The van der Waals surface area contributed by atoms with Gasteiger partial charge in [-0.25, -0.2) is 9.37 Å². The second-order valence-corrected chi connectivity index (χ2v) is 4.89. The number of pyridine rings is 1. The van der Waals surface area contributed by atoms with Crippen molar-refractivity contribution in [1.82, 2.24) is 4.98 Å². The SMILES string of the molecule is Cc1ccc(-c2ccc(-c3cccc(F)c3)cc2)nc1F. The van der Waals surface area contributed by atoms with Gasteiger partial charge in [0.05, 0.1) is 5.69 Å². The van der Waals surface area contributed by atoms with E-state index in [4.69, 9.17) is 0 Å². The van der Waals surface area contributed by atoms with Gasteiger partial charge in [-0.2, -0.15) is 4.39 Å². The molecular formula is C18H13F2N. The van der Waals surface area contributed by atoms with Crippen LogP contribution in [-0.4, -0.2) is 4.98 Å². The summed E-state index contributed by atoms with van der Waals surface area (Å²) in [4.78, 5) is 3.93. The van der Waals surface area contributed by atoms with E-state index in [1.54, 1.807) is 25.1 Å². The Balaban J connectivity index is 1.95. The summed E-state index contributed by atoms with van der Waals surface area (Å²) in [6.07, 6.45) is 0. The van der Waals surface area contributed by atoms with Crippen LogP contribution in [0.25, 0.3) is 22.4 Å². The predicted molar refractivity (Wildman–Crippen MR) is 79.8 cm³/mol. The first-order valence-electron chi connectivity index (χ1n) is 6.63. The molecule has 0 atom stereocenters. The van der Waals surface area contributed by atoms with Gasteiger partial charge in [-0.05, 0) is 36.2 Å². The highest BCUT2D eigenvalue weighted by atomic mass is 19.1. The molecular weight excluding hydrogens is 268 g/mol. The second-order valence-electron chi connectivity index (χ2n) is 4.89. The fraction of sp³-hybridized carbons (Fsp3) is 0.0556. The van der Waals surface area contributed by atoms with Crippen molar-refractivity contribution in [2.75, 3.05) is 0 Å². The lowest BCUT2D eigenvalue weighted by Crippen LogP contribution is -1.91. The summed E-state index contributed by atoms with van der Waals surface area (Å²) < 4.78 is 26.7. The third kappa shape index (κ3) is 2.82. The Bertz CT molecular complexity index is 779. The Kier molecular flexibility index (Phi) is 3.48. The minimum Gasteiger partial charge on any atom is -0.219 e. The minimum atomic E-state index is -0.457. The number of halogens is 2. The van der Waals surface area contributed by atoms with E-state index in [9.17, 15) is 8.78 Å². The lowest BCUT2D eigenvalue weighted by atomic mass is 10.0. The number of hydrogen-bond donors (Lipinski definition) is 0. The van der Waals surface area contributed by atoms with Crippen LogP contribution in [0, 0.1) is 18.7 Å². The summed E-state index contributed by atoms with van der Waals surface area (Å²) in [5.41, 5.74) is 3.66. The number of nitrogens with zero attached hydrogens (tertiary/aromatic N) is 1. The van der Waals surface area contributed by atoms with Gasteiger partial charge >= 0.3 is 0 Å². The molecule has 1 aromatic heterocycles. The summed E-state index contributed by atoms with van der Waals surface area (Å²) in [7, 11) is 0. The van der Waals surface area contributed by atoms with Gasteiger partial charge in [-0.3, -0.25) is 0 Å². The number of rotatable bonds is 2. The zero-order chi connectivity index (χ0) is 14.8. The quantitative estimate of drug-likeness (QED) is 0.602. The highest BCUT2D eigenvalue weighted by Gasteiger charge is 2.05. The summed E-state index contributed by atoms with van der Waals surface area (Å²) in [5, 5.41) is 0. The molecule has 2 aromatic carbocycles. The van der Waals surface area contributed by atoms with E-state index in [1.165, 1.54) is 12.1 Å². The van der Waals surface area contributed by atoms with E-state index in [0.717, 1.165) is 16.7 Å². The van der Waals surface area contributed by atoms with E-state index < -0.39 is 5.95 Å². The van der Waals surface area contributed by atoms with Crippen LogP contribution in [0.15, 0.2) is 60.7 Å². The van der Waals surface area contributed by atoms with E-state index in [2.05, 4.69) is 4.98 Å². The maximum absolute atomic E-state index is 13.5. The van der Waals surface area contributed by atoms with Gasteiger partial charge < -0.3 is 0 Å². The Morgan fingerprint density at radius 2 is 1.48 bits per heavy atom. The van der Waals surface area contributed by atoms with Crippen molar-refractivity contribution in [3.05, 3.63) is 78.0 Å². The molecule has 0 saturated carbocycles. The molecule has 0 N–H and O–H groups in total. The van der Waals surface area contributed by atoms with Gasteiger partial charge in [0, 0.05) is 11.1 Å². The molecule has 104 valence electrons. The molecule has 0 bridgehead atoms. The smallest absolute Gasteiger partial charge is 0.216 e. The summed E-state index contributed by atoms with van der Waals surface area (Å²) >= 11 is 0. The molecule has 0 aliphatic heterocycles. The van der Waals surface area contributed by atoms with Crippen LogP contribution in [0.5, 0.6) is 0 Å². The molecule has 0 aliphatic carbocycles. The number of aryl methyl sites for hydroxylation is 1. The zero-order valence-electron chi connectivity index (χ0n) is 11.5. The van der Waals surface area contributed by atoms with Crippen molar-refractivity contribution >= 4 is 0 Å². The Labute approximate surface area is 121 Å². The minimum absolute atomic E-state index is 0.265. The molecule has 0 spiro atoms. The standard InChI is InChI=1S/C18H13F2N/c1-12-5-10-17(21-18(12)20)14-8-6-13(7-9-14)15-3-2-4-16(19)11-15/h2-11H,1H3. The van der Waals surface area contributed by atoms with Gasteiger partial charge in [0.2, 0.25) is 5.95 Å². The number of benzene rings is 2.